The van der Waals surface area contributed by atoms with E-state index in [0.29, 0.717) is 12.0 Å². The molecule has 0 atom stereocenters. The molecule has 1 fully saturated rings. The van der Waals surface area contributed by atoms with Gasteiger partial charge < -0.3 is 15.4 Å². The number of nitrogens with zero attached hydrogens (tertiary/aromatic N) is 3. The Morgan fingerprint density at radius 1 is 1.08 bits per heavy atom. The monoisotopic (exact) mass is 327 g/mol. The molecular formula is C18H25N5O. The van der Waals surface area contributed by atoms with Crippen LogP contribution in [0.4, 0.5) is 17.5 Å². The Labute approximate surface area is 143 Å². The summed E-state index contributed by atoms with van der Waals surface area (Å²) in [5.74, 6) is 2.12. The van der Waals surface area contributed by atoms with Crippen LogP contribution >= 0.6 is 0 Å². The van der Waals surface area contributed by atoms with Crippen molar-refractivity contribution in [1.29, 1.82) is 0 Å². The van der Waals surface area contributed by atoms with E-state index in [-0.39, 0.29) is 6.10 Å². The van der Waals surface area contributed by atoms with Crippen molar-refractivity contribution in [2.45, 2.75) is 58.1 Å². The summed E-state index contributed by atoms with van der Waals surface area (Å²) in [4.78, 5) is 4.51. The quantitative estimate of drug-likeness (QED) is 0.830. The molecule has 1 saturated carbocycles. The second-order valence-electron chi connectivity index (χ2n) is 6.46. The number of anilines is 3. The molecule has 1 aromatic heterocycles. The van der Waals surface area contributed by atoms with Crippen molar-refractivity contribution in [1.82, 2.24) is 15.2 Å². The lowest BCUT2D eigenvalue weighted by atomic mass is 9.96. The Balaban J connectivity index is 1.61. The molecule has 24 heavy (non-hydrogen) atoms. The fraction of sp³-hybridized carbons (Fsp3) is 0.500. The zero-order valence-electron chi connectivity index (χ0n) is 14.3. The smallest absolute Gasteiger partial charge is 0.249 e. The van der Waals surface area contributed by atoms with E-state index in [4.69, 9.17) is 4.74 Å². The maximum atomic E-state index is 5.64. The van der Waals surface area contributed by atoms with E-state index < -0.39 is 0 Å². The van der Waals surface area contributed by atoms with Gasteiger partial charge >= 0.3 is 0 Å². The number of nitrogens with one attached hydrogen (secondary N) is 2. The van der Waals surface area contributed by atoms with Gasteiger partial charge in [0.05, 0.1) is 12.3 Å². The summed E-state index contributed by atoms with van der Waals surface area (Å²) in [7, 11) is 0. The summed E-state index contributed by atoms with van der Waals surface area (Å²) < 4.78 is 5.64. The second-order valence-corrected chi connectivity index (χ2v) is 6.46. The minimum Gasteiger partial charge on any atom is -0.491 e. The number of rotatable bonds is 6. The molecule has 3 rings (SSSR count). The Kier molecular flexibility index (Phi) is 5.46. The third-order valence-corrected chi connectivity index (χ3v) is 4.00. The Morgan fingerprint density at radius 2 is 1.83 bits per heavy atom. The second kappa shape index (κ2) is 7.95. The summed E-state index contributed by atoms with van der Waals surface area (Å²) in [6.45, 7) is 4.02. The van der Waals surface area contributed by atoms with Gasteiger partial charge in [0.15, 0.2) is 5.82 Å². The predicted molar refractivity (Wildman–Crippen MR) is 95.8 cm³/mol. The zero-order chi connectivity index (χ0) is 16.8. The van der Waals surface area contributed by atoms with Gasteiger partial charge in [0.25, 0.3) is 0 Å². The van der Waals surface area contributed by atoms with Crippen LogP contribution in [0.1, 0.15) is 46.0 Å². The first-order valence-electron chi connectivity index (χ1n) is 8.69. The number of ether oxygens (including phenoxy) is 1. The molecule has 0 saturated heterocycles. The lowest BCUT2D eigenvalue weighted by Gasteiger charge is -2.23. The van der Waals surface area contributed by atoms with Gasteiger partial charge in [-0.15, -0.1) is 5.10 Å². The number of hydrogen-bond acceptors (Lipinski definition) is 6. The minimum absolute atomic E-state index is 0.166. The van der Waals surface area contributed by atoms with Gasteiger partial charge in [-0.25, -0.2) is 0 Å². The van der Waals surface area contributed by atoms with Crippen molar-refractivity contribution in [2.75, 3.05) is 10.6 Å². The van der Waals surface area contributed by atoms with E-state index >= 15 is 0 Å². The van der Waals surface area contributed by atoms with Gasteiger partial charge in [0.1, 0.15) is 5.75 Å². The van der Waals surface area contributed by atoms with Crippen LogP contribution in [0.25, 0.3) is 0 Å². The molecular weight excluding hydrogens is 302 g/mol. The molecule has 0 aliphatic heterocycles. The first-order chi connectivity index (χ1) is 11.7. The molecule has 0 spiro atoms. The molecule has 0 radical (unpaired) electrons. The van der Waals surface area contributed by atoms with Crippen molar-refractivity contribution in [3.63, 3.8) is 0 Å². The SMILES string of the molecule is CC(C)Oc1ccc(Nc2nncc(NC3CCCCC3)n2)cc1. The minimum atomic E-state index is 0.166. The first-order valence-corrected chi connectivity index (χ1v) is 8.69. The highest BCUT2D eigenvalue weighted by Gasteiger charge is 2.14. The van der Waals surface area contributed by atoms with Crippen molar-refractivity contribution in [3.05, 3.63) is 30.5 Å². The standard InChI is InChI=1S/C18H25N5O/c1-13(2)24-16-10-8-15(9-11-16)21-18-22-17(12-19-23-18)20-14-6-4-3-5-7-14/h8-14H,3-7H2,1-2H3,(H2,20,21,22,23). The Bertz CT molecular complexity index is 638. The van der Waals surface area contributed by atoms with Crippen LogP contribution in [0.15, 0.2) is 30.5 Å². The molecule has 1 aliphatic carbocycles. The summed E-state index contributed by atoms with van der Waals surface area (Å²) in [6, 6.07) is 8.25. The van der Waals surface area contributed by atoms with E-state index in [1.165, 1.54) is 32.1 Å². The molecule has 0 unspecified atom stereocenters. The molecule has 1 aromatic carbocycles. The molecule has 6 nitrogen and oxygen atoms in total. The Morgan fingerprint density at radius 3 is 2.54 bits per heavy atom. The molecule has 6 heteroatoms. The first kappa shape index (κ1) is 16.5. The lowest BCUT2D eigenvalue weighted by Crippen LogP contribution is -2.23. The third-order valence-electron chi connectivity index (χ3n) is 4.00. The van der Waals surface area contributed by atoms with Gasteiger partial charge in [-0.3, -0.25) is 0 Å². The number of hydrogen-bond donors (Lipinski definition) is 2. The highest BCUT2D eigenvalue weighted by molar-refractivity contribution is 5.55. The van der Waals surface area contributed by atoms with Crippen molar-refractivity contribution in [2.24, 2.45) is 0 Å². The van der Waals surface area contributed by atoms with Crippen LogP contribution in [0, 0.1) is 0 Å². The van der Waals surface area contributed by atoms with Crippen LogP contribution in [0.2, 0.25) is 0 Å². The summed E-state index contributed by atoms with van der Waals surface area (Å²) in [6.07, 6.45) is 8.15. The fourth-order valence-electron chi connectivity index (χ4n) is 2.90. The molecule has 2 N–H and O–H groups in total. The van der Waals surface area contributed by atoms with Gasteiger partial charge in [-0.1, -0.05) is 19.3 Å². The van der Waals surface area contributed by atoms with Gasteiger partial charge in [0.2, 0.25) is 5.95 Å². The highest BCUT2D eigenvalue weighted by atomic mass is 16.5. The van der Waals surface area contributed by atoms with Crippen LogP contribution in [0.3, 0.4) is 0 Å². The molecule has 0 amide bonds. The lowest BCUT2D eigenvalue weighted by molar-refractivity contribution is 0.242. The van der Waals surface area contributed by atoms with Crippen molar-refractivity contribution < 1.29 is 4.74 Å². The maximum Gasteiger partial charge on any atom is 0.249 e. The third kappa shape index (κ3) is 4.81. The molecule has 1 heterocycles. The molecule has 128 valence electrons. The summed E-state index contributed by atoms with van der Waals surface area (Å²) in [5, 5.41) is 14.7. The van der Waals surface area contributed by atoms with Crippen LogP contribution in [-0.4, -0.2) is 27.3 Å². The van der Waals surface area contributed by atoms with E-state index in [1.807, 2.05) is 38.1 Å². The molecule has 1 aliphatic rings. The maximum absolute atomic E-state index is 5.64. The van der Waals surface area contributed by atoms with Gasteiger partial charge in [-0.2, -0.15) is 10.1 Å². The predicted octanol–water partition coefficient (Wildman–Crippen LogP) is 4.15. The average molecular weight is 327 g/mol. The largest absolute Gasteiger partial charge is 0.491 e. The van der Waals surface area contributed by atoms with Crippen LogP contribution in [0.5, 0.6) is 5.75 Å². The number of aromatic nitrogens is 3. The van der Waals surface area contributed by atoms with Crippen LogP contribution in [-0.2, 0) is 0 Å². The van der Waals surface area contributed by atoms with Crippen molar-refractivity contribution in [3.8, 4) is 5.75 Å². The van der Waals surface area contributed by atoms with Crippen LogP contribution < -0.4 is 15.4 Å². The van der Waals surface area contributed by atoms with E-state index in [1.54, 1.807) is 6.20 Å². The van der Waals surface area contributed by atoms with E-state index in [2.05, 4.69) is 25.8 Å². The molecule has 0 bridgehead atoms. The van der Waals surface area contributed by atoms with Gasteiger partial charge in [0, 0.05) is 11.7 Å². The normalized spacial score (nSPS) is 15.3. The topological polar surface area (TPSA) is 72.0 Å². The summed E-state index contributed by atoms with van der Waals surface area (Å²) in [5.41, 5.74) is 0.905. The number of benzene rings is 1. The molecule has 2 aromatic rings. The highest BCUT2D eigenvalue weighted by Crippen LogP contribution is 2.22. The van der Waals surface area contributed by atoms with Gasteiger partial charge in [-0.05, 0) is 51.0 Å². The Hall–Kier alpha value is -2.37. The van der Waals surface area contributed by atoms with Crippen molar-refractivity contribution >= 4 is 17.5 Å². The zero-order valence-corrected chi connectivity index (χ0v) is 14.3. The summed E-state index contributed by atoms with van der Waals surface area (Å²) >= 11 is 0. The average Bonchev–Trinajstić information content (AvgIpc) is 2.57. The van der Waals surface area contributed by atoms with E-state index in [0.717, 1.165) is 17.3 Å². The fourth-order valence-corrected chi connectivity index (χ4v) is 2.90. The van der Waals surface area contributed by atoms with E-state index in [9.17, 15) is 0 Å².